The molecule has 112 valence electrons. The van der Waals surface area contributed by atoms with E-state index in [9.17, 15) is 9.59 Å². The zero-order chi connectivity index (χ0) is 15.2. The van der Waals surface area contributed by atoms with Gasteiger partial charge in [-0.3, -0.25) is 9.78 Å². The van der Waals surface area contributed by atoms with Gasteiger partial charge in [0.25, 0.3) is 5.56 Å². The Morgan fingerprint density at radius 3 is 2.48 bits per heavy atom. The number of aromatic amines is 1. The molecule has 1 heterocycles. The number of aromatic nitrogens is 2. The second-order valence-corrected chi connectivity index (χ2v) is 5.18. The van der Waals surface area contributed by atoms with E-state index in [1.54, 1.807) is 0 Å². The summed E-state index contributed by atoms with van der Waals surface area (Å²) >= 11 is 0. The second kappa shape index (κ2) is 6.92. The van der Waals surface area contributed by atoms with Crippen LogP contribution in [-0.2, 0) is 6.54 Å². The molecule has 0 radical (unpaired) electrons. The number of nitrogens with zero attached hydrogens (tertiary/aromatic N) is 1. The average molecular weight is 288 g/mol. The topological polar surface area (TPSA) is 64.1 Å². The van der Waals surface area contributed by atoms with Crippen molar-refractivity contribution in [2.75, 3.05) is 6.61 Å². The van der Waals surface area contributed by atoms with Gasteiger partial charge in [0.1, 0.15) is 5.75 Å². The lowest BCUT2D eigenvalue weighted by molar-refractivity contribution is 0.302. The summed E-state index contributed by atoms with van der Waals surface area (Å²) in [6, 6.07) is 7.49. The molecular weight excluding hydrogens is 268 g/mol. The van der Waals surface area contributed by atoms with Crippen LogP contribution < -0.4 is 16.0 Å². The molecule has 0 bridgehead atoms. The summed E-state index contributed by atoms with van der Waals surface area (Å²) in [5.74, 6) is 0.883. The third-order valence-corrected chi connectivity index (χ3v) is 3.15. The molecule has 0 atom stereocenters. The molecule has 0 fully saturated rings. The molecule has 5 heteroatoms. The highest BCUT2D eigenvalue weighted by atomic mass is 16.5. The molecule has 2 rings (SSSR count). The number of unbranched alkanes of at least 4 members (excludes halogenated alkanes) is 1. The highest BCUT2D eigenvalue weighted by Crippen LogP contribution is 2.16. The van der Waals surface area contributed by atoms with Gasteiger partial charge in [0.2, 0.25) is 0 Å². The fraction of sp³-hybridized carbons (Fsp3) is 0.375. The van der Waals surface area contributed by atoms with Gasteiger partial charge >= 0.3 is 5.69 Å². The van der Waals surface area contributed by atoms with Crippen LogP contribution >= 0.6 is 0 Å². The predicted molar refractivity (Wildman–Crippen MR) is 82.0 cm³/mol. The van der Waals surface area contributed by atoms with E-state index in [0.29, 0.717) is 13.2 Å². The lowest BCUT2D eigenvalue weighted by Crippen LogP contribution is -2.28. The van der Waals surface area contributed by atoms with E-state index in [1.165, 1.54) is 28.0 Å². The van der Waals surface area contributed by atoms with Crippen molar-refractivity contribution in [3.8, 4) is 5.75 Å². The Bertz CT molecular complexity index is 696. The van der Waals surface area contributed by atoms with Gasteiger partial charge in [-0.25, -0.2) is 4.79 Å². The molecule has 0 aliphatic rings. The van der Waals surface area contributed by atoms with Crippen molar-refractivity contribution in [3.63, 3.8) is 0 Å². The smallest absolute Gasteiger partial charge is 0.328 e. The van der Waals surface area contributed by atoms with Crippen molar-refractivity contribution >= 4 is 0 Å². The van der Waals surface area contributed by atoms with E-state index in [0.717, 1.165) is 18.6 Å². The highest BCUT2D eigenvalue weighted by molar-refractivity contribution is 5.32. The summed E-state index contributed by atoms with van der Waals surface area (Å²) in [4.78, 5) is 24.7. The Morgan fingerprint density at radius 1 is 1.10 bits per heavy atom. The Morgan fingerprint density at radius 2 is 1.81 bits per heavy atom. The number of aryl methyl sites for hydroxylation is 3. The summed E-state index contributed by atoms with van der Waals surface area (Å²) in [7, 11) is 0. The van der Waals surface area contributed by atoms with E-state index < -0.39 is 0 Å². The molecule has 2 aromatic rings. The molecule has 0 spiro atoms. The summed E-state index contributed by atoms with van der Waals surface area (Å²) < 4.78 is 7.21. The number of nitrogens with one attached hydrogen (secondary N) is 1. The third-order valence-electron chi connectivity index (χ3n) is 3.15. The standard InChI is InChI=1S/C16H20N2O3/c1-12-9-13(2)11-14(10-12)21-8-4-3-6-18-7-5-15(19)17-16(18)20/h5,7,9-11H,3-4,6,8H2,1-2H3,(H,17,19,20). The largest absolute Gasteiger partial charge is 0.494 e. The second-order valence-electron chi connectivity index (χ2n) is 5.18. The first-order valence-electron chi connectivity index (χ1n) is 7.05. The van der Waals surface area contributed by atoms with Crippen molar-refractivity contribution < 1.29 is 4.74 Å². The van der Waals surface area contributed by atoms with Crippen LogP contribution in [0.2, 0.25) is 0 Å². The van der Waals surface area contributed by atoms with Gasteiger partial charge in [-0.1, -0.05) is 6.07 Å². The number of hydrogen-bond donors (Lipinski definition) is 1. The summed E-state index contributed by atoms with van der Waals surface area (Å²) in [5.41, 5.74) is 1.64. The molecule has 0 aliphatic heterocycles. The first-order valence-corrected chi connectivity index (χ1v) is 7.05. The molecule has 0 unspecified atom stereocenters. The number of H-pyrrole nitrogens is 1. The van der Waals surface area contributed by atoms with Gasteiger partial charge in [0.15, 0.2) is 0 Å². The van der Waals surface area contributed by atoms with E-state index in [2.05, 4.69) is 11.1 Å². The zero-order valence-corrected chi connectivity index (χ0v) is 12.4. The molecule has 0 saturated heterocycles. The maximum Gasteiger partial charge on any atom is 0.328 e. The quantitative estimate of drug-likeness (QED) is 0.827. The Kier molecular flexibility index (Phi) is 4.98. The van der Waals surface area contributed by atoms with Crippen LogP contribution in [0.25, 0.3) is 0 Å². The average Bonchev–Trinajstić information content (AvgIpc) is 2.39. The minimum absolute atomic E-state index is 0.363. The fourth-order valence-corrected chi connectivity index (χ4v) is 2.21. The molecule has 1 aromatic carbocycles. The third kappa shape index (κ3) is 4.63. The number of rotatable bonds is 6. The highest BCUT2D eigenvalue weighted by Gasteiger charge is 1.99. The van der Waals surface area contributed by atoms with Crippen molar-refractivity contribution in [1.29, 1.82) is 0 Å². The molecule has 0 amide bonds. The first-order chi connectivity index (χ1) is 10.0. The summed E-state index contributed by atoms with van der Waals surface area (Å²) in [6.07, 6.45) is 3.18. The van der Waals surface area contributed by atoms with Gasteiger partial charge in [-0.05, 0) is 49.9 Å². The Hall–Kier alpha value is -2.30. The van der Waals surface area contributed by atoms with E-state index >= 15 is 0 Å². The number of hydrogen-bond acceptors (Lipinski definition) is 3. The number of ether oxygens (including phenoxy) is 1. The van der Waals surface area contributed by atoms with Crippen molar-refractivity contribution in [3.05, 3.63) is 62.4 Å². The lowest BCUT2D eigenvalue weighted by Gasteiger charge is -2.08. The minimum Gasteiger partial charge on any atom is -0.494 e. The molecule has 5 nitrogen and oxygen atoms in total. The van der Waals surface area contributed by atoms with Crippen LogP contribution in [0.15, 0.2) is 40.1 Å². The van der Waals surface area contributed by atoms with Gasteiger partial charge in [-0.15, -0.1) is 0 Å². The summed E-state index contributed by atoms with van der Waals surface area (Å²) in [5, 5.41) is 0. The van der Waals surface area contributed by atoms with Crippen molar-refractivity contribution in [2.24, 2.45) is 0 Å². The van der Waals surface area contributed by atoms with Crippen molar-refractivity contribution in [2.45, 2.75) is 33.2 Å². The van der Waals surface area contributed by atoms with Gasteiger partial charge < -0.3 is 9.30 Å². The monoisotopic (exact) mass is 288 g/mol. The van der Waals surface area contributed by atoms with E-state index in [4.69, 9.17) is 4.74 Å². The predicted octanol–water partition coefficient (Wildman–Crippen LogP) is 2.01. The van der Waals surface area contributed by atoms with E-state index in [1.807, 2.05) is 26.0 Å². The lowest BCUT2D eigenvalue weighted by atomic mass is 10.1. The minimum atomic E-state index is -0.366. The van der Waals surface area contributed by atoms with E-state index in [-0.39, 0.29) is 11.2 Å². The molecule has 21 heavy (non-hydrogen) atoms. The molecular formula is C16H20N2O3. The summed E-state index contributed by atoms with van der Waals surface area (Å²) in [6.45, 7) is 5.28. The maximum atomic E-state index is 11.5. The van der Waals surface area contributed by atoms with Crippen LogP contribution in [0, 0.1) is 13.8 Å². The van der Waals surface area contributed by atoms with Crippen LogP contribution in [0.1, 0.15) is 24.0 Å². The van der Waals surface area contributed by atoms with Crippen LogP contribution in [-0.4, -0.2) is 16.2 Å². The molecule has 0 saturated carbocycles. The Labute approximate surface area is 123 Å². The molecule has 0 aliphatic carbocycles. The number of benzene rings is 1. The molecule has 1 aromatic heterocycles. The Balaban J connectivity index is 1.77. The van der Waals surface area contributed by atoms with Crippen LogP contribution in [0.4, 0.5) is 0 Å². The maximum absolute atomic E-state index is 11.5. The SMILES string of the molecule is Cc1cc(C)cc(OCCCCn2ccc(=O)[nH]c2=O)c1. The van der Waals surface area contributed by atoms with Crippen LogP contribution in [0.3, 0.4) is 0 Å². The normalized spacial score (nSPS) is 10.6. The first kappa shape index (κ1) is 15.1. The van der Waals surface area contributed by atoms with Gasteiger partial charge in [0.05, 0.1) is 6.61 Å². The fourth-order valence-electron chi connectivity index (χ4n) is 2.21. The zero-order valence-electron chi connectivity index (χ0n) is 12.4. The van der Waals surface area contributed by atoms with Gasteiger partial charge in [-0.2, -0.15) is 0 Å². The van der Waals surface area contributed by atoms with Crippen molar-refractivity contribution in [1.82, 2.24) is 9.55 Å². The van der Waals surface area contributed by atoms with Gasteiger partial charge in [0, 0.05) is 18.8 Å². The molecule has 1 N–H and O–H groups in total. The van der Waals surface area contributed by atoms with Crippen LogP contribution in [0.5, 0.6) is 5.75 Å².